The second-order valence-electron chi connectivity index (χ2n) is 5.24. The Balaban J connectivity index is 1.91. The number of nitrogen functional groups attached to an aromatic ring is 1. The van der Waals surface area contributed by atoms with Gasteiger partial charge in [0.25, 0.3) is 0 Å². The van der Waals surface area contributed by atoms with Crippen LogP contribution in [0, 0.1) is 6.92 Å². The molecule has 0 spiro atoms. The zero-order valence-electron chi connectivity index (χ0n) is 13.6. The van der Waals surface area contributed by atoms with Crippen LogP contribution in [0.25, 0.3) is 10.9 Å². The Labute approximate surface area is 139 Å². The molecule has 0 aliphatic heterocycles. The Morgan fingerprint density at radius 1 is 1.17 bits per heavy atom. The summed E-state index contributed by atoms with van der Waals surface area (Å²) in [4.78, 5) is 12.8. The van der Waals surface area contributed by atoms with E-state index in [1.807, 2.05) is 37.3 Å². The van der Waals surface area contributed by atoms with Crippen molar-refractivity contribution in [2.45, 2.75) is 6.92 Å². The molecular weight excluding hydrogens is 306 g/mol. The number of methoxy groups -OCH3 is 1. The number of fused-ring (bicyclic) bond motifs is 1. The molecule has 124 valence electrons. The summed E-state index contributed by atoms with van der Waals surface area (Å²) >= 11 is 0. The molecule has 24 heavy (non-hydrogen) atoms. The van der Waals surface area contributed by atoms with Crippen molar-refractivity contribution in [1.29, 1.82) is 0 Å². The van der Waals surface area contributed by atoms with Crippen LogP contribution < -0.4 is 15.8 Å². The van der Waals surface area contributed by atoms with Gasteiger partial charge in [0.15, 0.2) is 11.6 Å². The van der Waals surface area contributed by atoms with Crippen molar-refractivity contribution >= 4 is 22.4 Å². The molecule has 0 radical (unpaired) electrons. The fourth-order valence-corrected chi connectivity index (χ4v) is 2.28. The van der Waals surface area contributed by atoms with Gasteiger partial charge in [0.05, 0.1) is 6.61 Å². The van der Waals surface area contributed by atoms with Gasteiger partial charge < -0.3 is 20.5 Å². The fraction of sp³-hybridized carbons (Fsp3) is 0.235. The molecule has 2 heterocycles. The summed E-state index contributed by atoms with van der Waals surface area (Å²) < 4.78 is 10.9. The molecule has 0 amide bonds. The third-order valence-electron chi connectivity index (χ3n) is 3.48. The summed E-state index contributed by atoms with van der Waals surface area (Å²) in [6.45, 7) is 3.07. The molecule has 1 aromatic carbocycles. The van der Waals surface area contributed by atoms with E-state index < -0.39 is 0 Å². The fourth-order valence-electron chi connectivity index (χ4n) is 2.28. The second-order valence-corrected chi connectivity index (χ2v) is 5.24. The average molecular weight is 325 g/mol. The molecule has 7 heteroatoms. The highest BCUT2D eigenvalue weighted by atomic mass is 16.5. The Kier molecular flexibility index (Phi) is 4.72. The number of pyridine rings is 1. The molecule has 0 aliphatic carbocycles. The first kappa shape index (κ1) is 15.9. The lowest BCUT2D eigenvalue weighted by molar-refractivity contribution is 0.210. The van der Waals surface area contributed by atoms with Crippen LogP contribution in [0.4, 0.5) is 11.5 Å². The topological polar surface area (TPSA) is 95.2 Å². The van der Waals surface area contributed by atoms with Crippen LogP contribution in [0.5, 0.6) is 11.6 Å². The van der Waals surface area contributed by atoms with Crippen molar-refractivity contribution in [1.82, 2.24) is 15.0 Å². The molecule has 0 bridgehead atoms. The van der Waals surface area contributed by atoms with Gasteiger partial charge in [-0.1, -0.05) is 18.2 Å². The molecular formula is C17H19N5O2. The van der Waals surface area contributed by atoms with Crippen molar-refractivity contribution < 1.29 is 9.47 Å². The van der Waals surface area contributed by atoms with Crippen LogP contribution in [-0.4, -0.2) is 35.2 Å². The zero-order chi connectivity index (χ0) is 16.9. The zero-order valence-corrected chi connectivity index (χ0v) is 13.6. The summed E-state index contributed by atoms with van der Waals surface area (Å²) in [7, 11) is 1.63. The van der Waals surface area contributed by atoms with Gasteiger partial charge in [0, 0.05) is 24.7 Å². The molecule has 0 saturated carbocycles. The molecule has 3 rings (SSSR count). The van der Waals surface area contributed by atoms with Crippen molar-refractivity contribution in [2.75, 3.05) is 31.3 Å². The summed E-state index contributed by atoms with van der Waals surface area (Å²) in [5, 5.41) is 4.08. The van der Waals surface area contributed by atoms with Crippen LogP contribution in [0.3, 0.4) is 0 Å². The van der Waals surface area contributed by atoms with Crippen molar-refractivity contribution in [2.24, 2.45) is 0 Å². The van der Waals surface area contributed by atoms with Gasteiger partial charge in [-0.3, -0.25) is 0 Å². The summed E-state index contributed by atoms with van der Waals surface area (Å²) in [5.74, 6) is 1.41. The van der Waals surface area contributed by atoms with Gasteiger partial charge in [0.1, 0.15) is 17.5 Å². The van der Waals surface area contributed by atoms with Crippen LogP contribution in [0.2, 0.25) is 0 Å². The Hall–Kier alpha value is -2.93. The summed E-state index contributed by atoms with van der Waals surface area (Å²) in [5.41, 5.74) is 8.14. The standard InChI is InChI=1S/C17H19N5O2/c1-11-6-7-12-4-3-5-13(15(12)22-11)24-17-14(18)16(20-10-21-17)19-8-9-23-2/h3-7,10H,8-9,18H2,1-2H3,(H,19,20,21). The SMILES string of the molecule is COCCNc1ncnc(Oc2cccc3ccc(C)nc23)c1N. The number of aryl methyl sites for hydroxylation is 1. The van der Waals surface area contributed by atoms with Gasteiger partial charge in [-0.25, -0.2) is 9.97 Å². The normalized spacial score (nSPS) is 10.8. The Morgan fingerprint density at radius 3 is 2.88 bits per heavy atom. The highest BCUT2D eigenvalue weighted by Crippen LogP contribution is 2.32. The predicted octanol–water partition coefficient (Wildman–Crippen LogP) is 2.77. The first-order valence-electron chi connectivity index (χ1n) is 7.56. The van der Waals surface area contributed by atoms with Crippen LogP contribution in [-0.2, 0) is 4.74 Å². The van der Waals surface area contributed by atoms with Gasteiger partial charge in [-0.15, -0.1) is 0 Å². The third kappa shape index (κ3) is 3.36. The lowest BCUT2D eigenvalue weighted by Crippen LogP contribution is -2.11. The lowest BCUT2D eigenvalue weighted by Gasteiger charge is -2.12. The van der Waals surface area contributed by atoms with E-state index in [9.17, 15) is 0 Å². The van der Waals surface area contributed by atoms with E-state index in [1.54, 1.807) is 7.11 Å². The monoisotopic (exact) mass is 325 g/mol. The number of para-hydroxylation sites is 1. The van der Waals surface area contributed by atoms with E-state index in [-0.39, 0.29) is 0 Å². The number of rotatable bonds is 6. The largest absolute Gasteiger partial charge is 0.435 e. The maximum Gasteiger partial charge on any atom is 0.248 e. The van der Waals surface area contributed by atoms with E-state index in [4.69, 9.17) is 15.2 Å². The van der Waals surface area contributed by atoms with E-state index in [1.165, 1.54) is 6.33 Å². The van der Waals surface area contributed by atoms with Gasteiger partial charge >= 0.3 is 0 Å². The highest BCUT2D eigenvalue weighted by molar-refractivity contribution is 5.85. The minimum absolute atomic E-state index is 0.292. The number of benzene rings is 1. The van der Waals surface area contributed by atoms with Gasteiger partial charge in [-0.05, 0) is 19.1 Å². The number of nitrogens with one attached hydrogen (secondary N) is 1. The molecule has 0 atom stereocenters. The van der Waals surface area contributed by atoms with E-state index in [2.05, 4.69) is 20.3 Å². The molecule has 0 fully saturated rings. The first-order chi connectivity index (χ1) is 11.7. The Bertz CT molecular complexity index is 854. The third-order valence-corrected chi connectivity index (χ3v) is 3.48. The quantitative estimate of drug-likeness (QED) is 0.673. The minimum atomic E-state index is 0.292. The molecule has 0 unspecified atom stereocenters. The smallest absolute Gasteiger partial charge is 0.248 e. The maximum atomic E-state index is 6.11. The first-order valence-corrected chi connectivity index (χ1v) is 7.56. The molecule has 0 saturated heterocycles. The molecule has 7 nitrogen and oxygen atoms in total. The number of ether oxygens (including phenoxy) is 2. The predicted molar refractivity (Wildman–Crippen MR) is 93.4 cm³/mol. The van der Waals surface area contributed by atoms with Crippen molar-refractivity contribution in [3.8, 4) is 11.6 Å². The van der Waals surface area contributed by atoms with Gasteiger partial charge in [-0.2, -0.15) is 4.98 Å². The molecule has 2 aromatic heterocycles. The minimum Gasteiger partial charge on any atom is -0.435 e. The van der Waals surface area contributed by atoms with E-state index in [0.29, 0.717) is 36.3 Å². The Morgan fingerprint density at radius 2 is 2.04 bits per heavy atom. The number of anilines is 2. The van der Waals surface area contributed by atoms with Crippen LogP contribution in [0.1, 0.15) is 5.69 Å². The van der Waals surface area contributed by atoms with Crippen LogP contribution in [0.15, 0.2) is 36.7 Å². The molecule has 0 aliphatic rings. The number of hydrogen-bond acceptors (Lipinski definition) is 7. The number of hydrogen-bond donors (Lipinski definition) is 2. The van der Waals surface area contributed by atoms with Gasteiger partial charge in [0.2, 0.25) is 5.88 Å². The lowest BCUT2D eigenvalue weighted by atomic mass is 10.2. The molecule has 3 aromatic rings. The summed E-state index contributed by atoms with van der Waals surface area (Å²) in [6, 6.07) is 9.70. The maximum absolute atomic E-state index is 6.11. The second kappa shape index (κ2) is 7.10. The average Bonchev–Trinajstić information content (AvgIpc) is 2.59. The number of nitrogens with two attached hydrogens (primary N) is 1. The number of nitrogens with zero attached hydrogens (tertiary/aromatic N) is 3. The van der Waals surface area contributed by atoms with Crippen molar-refractivity contribution in [3.63, 3.8) is 0 Å². The highest BCUT2D eigenvalue weighted by Gasteiger charge is 2.12. The van der Waals surface area contributed by atoms with E-state index in [0.717, 1.165) is 16.6 Å². The molecule has 3 N–H and O–H groups in total. The van der Waals surface area contributed by atoms with E-state index >= 15 is 0 Å². The summed E-state index contributed by atoms with van der Waals surface area (Å²) in [6.07, 6.45) is 1.41. The van der Waals surface area contributed by atoms with Crippen LogP contribution >= 0.6 is 0 Å². The number of aromatic nitrogens is 3. The van der Waals surface area contributed by atoms with Crippen molar-refractivity contribution in [3.05, 3.63) is 42.4 Å².